The third kappa shape index (κ3) is 11.5. The van der Waals surface area contributed by atoms with Crippen molar-refractivity contribution in [3.05, 3.63) is 125 Å². The molecule has 268 valence electrons. The van der Waals surface area contributed by atoms with E-state index < -0.39 is 12.3 Å². The quantitative estimate of drug-likeness (QED) is 0.0327. The van der Waals surface area contributed by atoms with E-state index in [0.717, 1.165) is 57.5 Å². The number of hydrogen-bond acceptors (Lipinski definition) is 8. The van der Waals surface area contributed by atoms with E-state index in [9.17, 15) is 24.6 Å². The van der Waals surface area contributed by atoms with Gasteiger partial charge < -0.3 is 25.0 Å². The van der Waals surface area contributed by atoms with E-state index in [2.05, 4.69) is 11.4 Å². The number of aliphatic hydroxyl groups is 1. The van der Waals surface area contributed by atoms with Crippen molar-refractivity contribution in [2.24, 2.45) is 0 Å². The average molecular weight is 713 g/mol. The Morgan fingerprint density at radius 3 is 2.10 bits per heavy atom. The van der Waals surface area contributed by atoms with Gasteiger partial charge in [0.25, 0.3) is 0 Å². The molecule has 5 rings (SSSR count). The standard InChI is InChI=1S/C40H44N2O8S/c43-25-27-10-12-30(13-11-27)36-23-34(26-51-35-20-18-31(19-21-35)39(46)47)49-40(50-36)32-16-14-29(15-17-32)33-7-5-6-28(22-33)24-41-37(44)8-3-1-2-4-9-38(45)42-48/h5-7,10-22,34,36,40,43,48H,1-4,8-9,23-26H2,(H,41,44)(H,42,45)(H,46,47). The summed E-state index contributed by atoms with van der Waals surface area (Å²) < 4.78 is 13.0. The number of carbonyl (C=O) groups is 3. The van der Waals surface area contributed by atoms with Gasteiger partial charge in [-0.15, -0.1) is 11.8 Å². The van der Waals surface area contributed by atoms with Crippen LogP contribution >= 0.6 is 11.8 Å². The summed E-state index contributed by atoms with van der Waals surface area (Å²) in [5.74, 6) is -0.700. The molecule has 2 amide bonds. The molecule has 51 heavy (non-hydrogen) atoms. The first-order chi connectivity index (χ1) is 24.8. The molecule has 1 aliphatic rings. The molecule has 4 aromatic carbocycles. The van der Waals surface area contributed by atoms with E-state index in [1.165, 1.54) is 0 Å². The monoisotopic (exact) mass is 712 g/mol. The molecular weight excluding hydrogens is 669 g/mol. The smallest absolute Gasteiger partial charge is 0.335 e. The number of carboxylic acids is 1. The molecule has 1 fully saturated rings. The summed E-state index contributed by atoms with van der Waals surface area (Å²) in [7, 11) is 0. The second kappa shape index (κ2) is 19.2. The highest BCUT2D eigenvalue weighted by atomic mass is 32.2. The lowest BCUT2D eigenvalue weighted by molar-refractivity contribution is -0.245. The van der Waals surface area contributed by atoms with E-state index >= 15 is 0 Å². The number of carbonyl (C=O) groups excluding carboxylic acids is 2. The van der Waals surface area contributed by atoms with Crippen molar-refractivity contribution in [2.45, 2.75) is 81.5 Å². The average Bonchev–Trinajstić information content (AvgIpc) is 3.17. The number of carboxylic acid groups (broad SMARTS) is 1. The van der Waals surface area contributed by atoms with Crippen LogP contribution in [0.15, 0.2) is 102 Å². The number of amides is 2. The van der Waals surface area contributed by atoms with Gasteiger partial charge in [0, 0.05) is 42.0 Å². The Hall–Kier alpha value is -4.52. The van der Waals surface area contributed by atoms with Crippen LogP contribution in [-0.2, 0) is 32.2 Å². The first-order valence-electron chi connectivity index (χ1n) is 17.2. The van der Waals surface area contributed by atoms with Crippen LogP contribution in [0, 0.1) is 0 Å². The molecule has 5 N–H and O–H groups in total. The molecule has 0 aromatic heterocycles. The second-order valence-electron chi connectivity index (χ2n) is 12.5. The van der Waals surface area contributed by atoms with Crippen LogP contribution in [0.4, 0.5) is 0 Å². The fourth-order valence-electron chi connectivity index (χ4n) is 5.87. The third-order valence-electron chi connectivity index (χ3n) is 8.77. The zero-order chi connectivity index (χ0) is 36.0. The van der Waals surface area contributed by atoms with Crippen LogP contribution in [0.25, 0.3) is 11.1 Å². The van der Waals surface area contributed by atoms with Crippen molar-refractivity contribution >= 4 is 29.5 Å². The van der Waals surface area contributed by atoms with Crippen LogP contribution in [0.2, 0.25) is 0 Å². The van der Waals surface area contributed by atoms with E-state index in [1.807, 2.05) is 78.9 Å². The molecule has 0 bridgehead atoms. The minimum atomic E-state index is -0.954. The Labute approximate surface area is 302 Å². The molecule has 0 radical (unpaired) electrons. The van der Waals surface area contributed by atoms with E-state index in [4.69, 9.17) is 14.7 Å². The minimum absolute atomic E-state index is 0.0132. The van der Waals surface area contributed by atoms with Crippen LogP contribution in [0.1, 0.15) is 90.0 Å². The first-order valence-corrected chi connectivity index (χ1v) is 18.2. The van der Waals surface area contributed by atoms with Gasteiger partial charge in [0.05, 0.1) is 24.4 Å². The van der Waals surface area contributed by atoms with Crippen molar-refractivity contribution in [1.29, 1.82) is 0 Å². The maximum atomic E-state index is 12.4. The lowest BCUT2D eigenvalue weighted by Gasteiger charge is -2.36. The molecule has 1 saturated heterocycles. The highest BCUT2D eigenvalue weighted by Gasteiger charge is 2.32. The number of hydroxylamine groups is 1. The Kier molecular flexibility index (Phi) is 14.2. The van der Waals surface area contributed by atoms with Gasteiger partial charge in [-0.25, -0.2) is 10.3 Å². The van der Waals surface area contributed by atoms with Gasteiger partial charge in [0.1, 0.15) is 0 Å². The SMILES string of the molecule is O=C(CCCCCCC(=O)NCc1cccc(-c2ccc(C3OC(CSc4ccc(C(=O)O)cc4)CC(c4ccc(CO)cc4)O3)cc2)c1)NO. The number of hydrogen-bond donors (Lipinski definition) is 5. The molecule has 4 aromatic rings. The highest BCUT2D eigenvalue weighted by molar-refractivity contribution is 7.99. The predicted octanol–water partition coefficient (Wildman–Crippen LogP) is 7.34. The molecule has 10 nitrogen and oxygen atoms in total. The van der Waals surface area contributed by atoms with E-state index in [-0.39, 0.29) is 42.6 Å². The predicted molar refractivity (Wildman–Crippen MR) is 194 cm³/mol. The largest absolute Gasteiger partial charge is 0.478 e. The summed E-state index contributed by atoms with van der Waals surface area (Å²) in [6.07, 6.45) is 3.48. The van der Waals surface area contributed by atoms with Gasteiger partial charge in [-0.2, -0.15) is 0 Å². The molecule has 3 atom stereocenters. The van der Waals surface area contributed by atoms with Crippen LogP contribution in [0.5, 0.6) is 0 Å². The topological polar surface area (TPSA) is 154 Å². The van der Waals surface area contributed by atoms with Crippen LogP contribution in [0.3, 0.4) is 0 Å². The van der Waals surface area contributed by atoms with E-state index in [1.54, 1.807) is 29.4 Å². The normalized spacial score (nSPS) is 17.1. The van der Waals surface area contributed by atoms with Gasteiger partial charge in [-0.05, 0) is 71.0 Å². The highest BCUT2D eigenvalue weighted by Crippen LogP contribution is 2.40. The second-order valence-corrected chi connectivity index (χ2v) is 13.6. The maximum absolute atomic E-state index is 12.4. The van der Waals surface area contributed by atoms with Crippen molar-refractivity contribution in [2.75, 3.05) is 5.75 Å². The Morgan fingerprint density at radius 2 is 1.43 bits per heavy atom. The van der Waals surface area contributed by atoms with E-state index in [0.29, 0.717) is 31.6 Å². The Morgan fingerprint density at radius 1 is 0.745 bits per heavy atom. The lowest BCUT2D eigenvalue weighted by atomic mass is 9.99. The van der Waals surface area contributed by atoms with Gasteiger partial charge in [-0.3, -0.25) is 14.8 Å². The third-order valence-corrected chi connectivity index (χ3v) is 9.91. The Bertz CT molecular complexity index is 1730. The number of aliphatic hydroxyl groups excluding tert-OH is 1. The maximum Gasteiger partial charge on any atom is 0.335 e. The Balaban J connectivity index is 1.19. The number of benzene rings is 4. The number of thioether (sulfide) groups is 1. The molecule has 0 saturated carbocycles. The molecule has 11 heteroatoms. The zero-order valence-corrected chi connectivity index (χ0v) is 29.1. The molecule has 0 aliphatic carbocycles. The number of rotatable bonds is 17. The van der Waals surface area contributed by atoms with Gasteiger partial charge in [0.15, 0.2) is 6.29 Å². The summed E-state index contributed by atoms with van der Waals surface area (Å²) in [4.78, 5) is 35.7. The van der Waals surface area contributed by atoms with Crippen LogP contribution in [-0.4, -0.2) is 45.1 Å². The summed E-state index contributed by atoms with van der Waals surface area (Å²) in [6.45, 7) is 0.397. The van der Waals surface area contributed by atoms with Crippen molar-refractivity contribution in [3.63, 3.8) is 0 Å². The molecule has 0 spiro atoms. The summed E-state index contributed by atoms with van der Waals surface area (Å²) in [6, 6.07) is 30.8. The number of unbranched alkanes of at least 4 members (excludes halogenated alkanes) is 3. The number of nitrogens with one attached hydrogen (secondary N) is 2. The molecule has 1 heterocycles. The van der Waals surface area contributed by atoms with Gasteiger partial charge >= 0.3 is 5.97 Å². The fraction of sp³-hybridized carbons (Fsp3) is 0.325. The lowest BCUT2D eigenvalue weighted by Crippen LogP contribution is -2.31. The van der Waals surface area contributed by atoms with Crippen molar-refractivity contribution < 1.29 is 39.3 Å². The van der Waals surface area contributed by atoms with Crippen molar-refractivity contribution in [1.82, 2.24) is 10.8 Å². The van der Waals surface area contributed by atoms with Crippen LogP contribution < -0.4 is 10.8 Å². The number of aromatic carboxylic acids is 1. The minimum Gasteiger partial charge on any atom is -0.478 e. The van der Waals surface area contributed by atoms with Gasteiger partial charge in [-0.1, -0.05) is 79.6 Å². The summed E-state index contributed by atoms with van der Waals surface area (Å²) in [5, 5.41) is 30.3. The zero-order valence-electron chi connectivity index (χ0n) is 28.3. The molecule has 3 unspecified atom stereocenters. The molecule has 1 aliphatic heterocycles. The van der Waals surface area contributed by atoms with Gasteiger partial charge in [0.2, 0.25) is 11.8 Å². The first kappa shape index (κ1) is 37.7. The molecular formula is C40H44N2O8S. The summed E-state index contributed by atoms with van der Waals surface area (Å²) >= 11 is 1.61. The van der Waals surface area contributed by atoms with Crippen molar-refractivity contribution in [3.8, 4) is 11.1 Å². The summed E-state index contributed by atoms with van der Waals surface area (Å²) in [5.41, 5.74) is 7.63. The number of ether oxygens (including phenoxy) is 2. The fourth-order valence-corrected chi connectivity index (χ4v) is 6.79.